The van der Waals surface area contributed by atoms with Crippen LogP contribution in [0.15, 0.2) is 28.5 Å². The molecule has 2 aromatic rings. The monoisotopic (exact) mass is 346 g/mol. The second kappa shape index (κ2) is 7.39. The quantitative estimate of drug-likeness (QED) is 0.860. The lowest BCUT2D eigenvalue weighted by Crippen LogP contribution is -2.27. The third kappa shape index (κ3) is 3.88. The number of hydrogen-bond acceptors (Lipinski definition) is 5. The minimum atomic E-state index is -0.495. The Balaban J connectivity index is 1.55. The summed E-state index contributed by atoms with van der Waals surface area (Å²) in [5, 5.41) is 4.86. The van der Waals surface area contributed by atoms with E-state index in [9.17, 15) is 14.4 Å². The maximum Gasteiger partial charge on any atom is 0.263 e. The Labute approximate surface area is 142 Å². The van der Waals surface area contributed by atoms with Crippen LogP contribution in [0.2, 0.25) is 0 Å². The van der Waals surface area contributed by atoms with E-state index in [1.807, 2.05) is 10.3 Å². The molecule has 0 atom stereocenters. The van der Waals surface area contributed by atoms with Gasteiger partial charge >= 0.3 is 0 Å². The average Bonchev–Trinajstić information content (AvgIpc) is 3.25. The highest BCUT2D eigenvalue weighted by atomic mass is 32.1. The van der Waals surface area contributed by atoms with Crippen LogP contribution in [0.25, 0.3) is 0 Å². The number of thiazole rings is 1. The Bertz CT molecular complexity index is 792. The number of likely N-dealkylation sites (tertiary alicyclic amines) is 1. The summed E-state index contributed by atoms with van der Waals surface area (Å²) >= 11 is 1.28. The van der Waals surface area contributed by atoms with E-state index in [1.54, 1.807) is 6.07 Å². The lowest BCUT2D eigenvalue weighted by molar-refractivity contribution is -0.130. The van der Waals surface area contributed by atoms with E-state index in [2.05, 4.69) is 15.3 Å². The molecule has 0 spiro atoms. The first kappa shape index (κ1) is 16.4. The SMILES string of the molecule is O=C(Nc1nc(CCC(=O)N2CCCC2)cs1)c1ccc[nH]c1=O. The number of H-pyrrole nitrogens is 1. The number of hydrogen-bond donors (Lipinski definition) is 2. The fourth-order valence-electron chi connectivity index (χ4n) is 2.60. The summed E-state index contributed by atoms with van der Waals surface area (Å²) in [5.41, 5.74) is 0.367. The second-order valence-corrected chi connectivity index (χ2v) is 6.46. The van der Waals surface area contributed by atoms with Crippen LogP contribution in [0.3, 0.4) is 0 Å². The lowest BCUT2D eigenvalue weighted by atomic mass is 10.2. The fourth-order valence-corrected chi connectivity index (χ4v) is 3.34. The van der Waals surface area contributed by atoms with Crippen molar-refractivity contribution in [1.82, 2.24) is 14.9 Å². The van der Waals surface area contributed by atoms with E-state index in [4.69, 9.17) is 0 Å². The average molecular weight is 346 g/mol. The smallest absolute Gasteiger partial charge is 0.263 e. The summed E-state index contributed by atoms with van der Waals surface area (Å²) in [6.45, 7) is 1.70. The summed E-state index contributed by atoms with van der Waals surface area (Å²) in [4.78, 5) is 44.3. The number of anilines is 1. The number of carbonyl (C=O) groups excluding carboxylic acids is 2. The highest BCUT2D eigenvalue weighted by molar-refractivity contribution is 7.14. The van der Waals surface area contributed by atoms with Crippen molar-refractivity contribution in [2.45, 2.75) is 25.7 Å². The number of aromatic amines is 1. The zero-order chi connectivity index (χ0) is 16.9. The molecule has 24 heavy (non-hydrogen) atoms. The van der Waals surface area contributed by atoms with Gasteiger partial charge in [0.15, 0.2) is 5.13 Å². The second-order valence-electron chi connectivity index (χ2n) is 5.60. The maximum absolute atomic E-state index is 12.1. The molecule has 1 fully saturated rings. The fraction of sp³-hybridized carbons (Fsp3) is 0.375. The molecule has 1 aliphatic heterocycles. The minimum Gasteiger partial charge on any atom is -0.343 e. The number of amides is 2. The molecule has 2 amide bonds. The molecule has 8 heteroatoms. The summed E-state index contributed by atoms with van der Waals surface area (Å²) < 4.78 is 0. The first-order valence-electron chi connectivity index (χ1n) is 7.85. The minimum absolute atomic E-state index is 0.0402. The van der Waals surface area contributed by atoms with Gasteiger partial charge in [0.1, 0.15) is 5.56 Å². The Kier molecular flexibility index (Phi) is 5.05. The van der Waals surface area contributed by atoms with Crippen LogP contribution in [0.4, 0.5) is 5.13 Å². The number of aromatic nitrogens is 2. The van der Waals surface area contributed by atoms with Gasteiger partial charge in [0.2, 0.25) is 5.91 Å². The Hall–Kier alpha value is -2.48. The van der Waals surface area contributed by atoms with Crippen molar-refractivity contribution >= 4 is 28.3 Å². The van der Waals surface area contributed by atoms with Gasteiger partial charge in [0.05, 0.1) is 5.69 Å². The Morgan fingerprint density at radius 3 is 2.88 bits per heavy atom. The third-order valence-corrected chi connectivity index (χ3v) is 4.70. The molecule has 1 saturated heterocycles. The molecule has 1 aliphatic rings. The molecule has 0 aliphatic carbocycles. The molecule has 0 unspecified atom stereocenters. The number of aryl methyl sites for hydroxylation is 1. The van der Waals surface area contributed by atoms with Gasteiger partial charge in [0, 0.05) is 31.1 Å². The molecule has 2 aromatic heterocycles. The van der Waals surface area contributed by atoms with E-state index in [-0.39, 0.29) is 11.5 Å². The van der Waals surface area contributed by atoms with Gasteiger partial charge in [-0.25, -0.2) is 4.98 Å². The molecular formula is C16H18N4O3S. The Morgan fingerprint density at radius 2 is 2.12 bits per heavy atom. The predicted molar refractivity (Wildman–Crippen MR) is 91.3 cm³/mol. The van der Waals surface area contributed by atoms with Gasteiger partial charge in [-0.3, -0.25) is 19.7 Å². The first-order valence-corrected chi connectivity index (χ1v) is 8.72. The number of pyridine rings is 1. The van der Waals surface area contributed by atoms with Crippen molar-refractivity contribution in [3.8, 4) is 0 Å². The van der Waals surface area contributed by atoms with Gasteiger partial charge in [-0.1, -0.05) is 0 Å². The largest absolute Gasteiger partial charge is 0.343 e. The molecule has 0 saturated carbocycles. The van der Waals surface area contributed by atoms with Crippen molar-refractivity contribution in [3.63, 3.8) is 0 Å². The Morgan fingerprint density at radius 1 is 1.33 bits per heavy atom. The van der Waals surface area contributed by atoms with Crippen molar-refractivity contribution < 1.29 is 9.59 Å². The van der Waals surface area contributed by atoms with Gasteiger partial charge < -0.3 is 9.88 Å². The van der Waals surface area contributed by atoms with E-state index in [0.717, 1.165) is 31.6 Å². The van der Waals surface area contributed by atoms with Crippen LogP contribution in [0.1, 0.15) is 35.3 Å². The van der Waals surface area contributed by atoms with Gasteiger partial charge in [-0.2, -0.15) is 0 Å². The molecule has 7 nitrogen and oxygen atoms in total. The maximum atomic E-state index is 12.1. The van der Waals surface area contributed by atoms with Crippen molar-refractivity contribution in [1.29, 1.82) is 0 Å². The van der Waals surface area contributed by atoms with Crippen LogP contribution < -0.4 is 10.9 Å². The molecule has 0 aromatic carbocycles. The molecule has 0 bridgehead atoms. The van der Waals surface area contributed by atoms with Crippen molar-refractivity contribution in [3.05, 3.63) is 45.3 Å². The number of nitrogens with one attached hydrogen (secondary N) is 2. The lowest BCUT2D eigenvalue weighted by Gasteiger charge is -2.14. The summed E-state index contributed by atoms with van der Waals surface area (Å²) in [6, 6.07) is 3.05. The molecule has 126 valence electrons. The van der Waals surface area contributed by atoms with Crippen LogP contribution in [-0.4, -0.2) is 39.8 Å². The topological polar surface area (TPSA) is 95.2 Å². The molecule has 2 N–H and O–H groups in total. The van der Waals surface area contributed by atoms with Crippen LogP contribution >= 0.6 is 11.3 Å². The molecule has 0 radical (unpaired) electrons. The third-order valence-electron chi connectivity index (χ3n) is 3.89. The summed E-state index contributed by atoms with van der Waals surface area (Å²) in [7, 11) is 0. The van der Waals surface area contributed by atoms with Crippen LogP contribution in [0, 0.1) is 0 Å². The number of carbonyl (C=O) groups is 2. The summed E-state index contributed by atoms with van der Waals surface area (Å²) in [6.07, 6.45) is 4.61. The van der Waals surface area contributed by atoms with Gasteiger partial charge in [-0.05, 0) is 31.4 Å². The van der Waals surface area contributed by atoms with E-state index < -0.39 is 11.5 Å². The molecular weight excluding hydrogens is 328 g/mol. The summed E-state index contributed by atoms with van der Waals surface area (Å²) in [5.74, 6) is -0.340. The standard InChI is InChI=1S/C16H18N4O3S/c21-13(20-8-1-2-9-20)6-5-11-10-24-16(18-11)19-15(23)12-4-3-7-17-14(12)22/h3-4,7,10H,1-2,5-6,8-9H2,(H,17,22)(H,18,19,23). The van der Waals surface area contributed by atoms with E-state index in [0.29, 0.717) is 18.0 Å². The predicted octanol–water partition coefficient (Wildman–Crippen LogP) is 1.64. The first-order chi connectivity index (χ1) is 11.6. The van der Waals surface area contributed by atoms with Crippen LogP contribution in [0.5, 0.6) is 0 Å². The number of nitrogens with zero attached hydrogens (tertiary/aromatic N) is 2. The van der Waals surface area contributed by atoms with E-state index >= 15 is 0 Å². The normalized spacial score (nSPS) is 13.9. The van der Waals surface area contributed by atoms with Gasteiger partial charge in [-0.15, -0.1) is 11.3 Å². The van der Waals surface area contributed by atoms with Crippen LogP contribution in [-0.2, 0) is 11.2 Å². The van der Waals surface area contributed by atoms with Crippen molar-refractivity contribution in [2.24, 2.45) is 0 Å². The molecule has 3 heterocycles. The zero-order valence-corrected chi connectivity index (χ0v) is 13.9. The highest BCUT2D eigenvalue weighted by Crippen LogP contribution is 2.18. The number of rotatable bonds is 5. The zero-order valence-electron chi connectivity index (χ0n) is 13.1. The molecule has 3 rings (SSSR count). The van der Waals surface area contributed by atoms with Crippen molar-refractivity contribution in [2.75, 3.05) is 18.4 Å². The van der Waals surface area contributed by atoms with Gasteiger partial charge in [0.25, 0.3) is 11.5 Å². The van der Waals surface area contributed by atoms with E-state index in [1.165, 1.54) is 23.6 Å². The highest BCUT2D eigenvalue weighted by Gasteiger charge is 2.18.